The molecule has 0 bridgehead atoms. The Hall–Kier alpha value is -1.88. The molecule has 20 heavy (non-hydrogen) atoms. The monoisotopic (exact) mass is 275 g/mol. The van der Waals surface area contributed by atoms with Crippen molar-refractivity contribution in [2.45, 2.75) is 26.7 Å². The quantitative estimate of drug-likeness (QED) is 0.789. The lowest BCUT2D eigenvalue weighted by Crippen LogP contribution is -2.37. The second kappa shape index (κ2) is 6.52. The van der Waals surface area contributed by atoms with Gasteiger partial charge in [0.05, 0.1) is 5.92 Å². The van der Waals surface area contributed by atoms with E-state index in [1.807, 2.05) is 25.1 Å². The maximum atomic E-state index is 12.1. The molecule has 1 aliphatic rings. The van der Waals surface area contributed by atoms with E-state index in [1.165, 1.54) is 6.92 Å². The van der Waals surface area contributed by atoms with E-state index >= 15 is 0 Å². The molecule has 1 aromatic rings. The largest absolute Gasteiger partial charge is 0.326 e. The molecule has 1 heterocycles. The van der Waals surface area contributed by atoms with Crippen LogP contribution in [-0.2, 0) is 9.59 Å². The van der Waals surface area contributed by atoms with Crippen LogP contribution in [0.5, 0.6) is 0 Å². The van der Waals surface area contributed by atoms with Crippen LogP contribution >= 0.6 is 0 Å². The summed E-state index contributed by atoms with van der Waals surface area (Å²) in [7, 11) is 0. The van der Waals surface area contributed by atoms with Crippen molar-refractivity contribution >= 4 is 23.2 Å². The summed E-state index contributed by atoms with van der Waals surface area (Å²) in [6, 6.07) is 5.50. The summed E-state index contributed by atoms with van der Waals surface area (Å²) in [4.78, 5) is 23.2. The predicted molar refractivity (Wildman–Crippen MR) is 79.7 cm³/mol. The molecule has 1 aliphatic heterocycles. The topological polar surface area (TPSA) is 70.2 Å². The molecule has 1 atom stereocenters. The van der Waals surface area contributed by atoms with Gasteiger partial charge < -0.3 is 16.0 Å². The maximum absolute atomic E-state index is 12.1. The molecule has 1 fully saturated rings. The van der Waals surface area contributed by atoms with Crippen molar-refractivity contribution in [1.82, 2.24) is 5.32 Å². The number of benzene rings is 1. The van der Waals surface area contributed by atoms with Gasteiger partial charge in [0.1, 0.15) is 0 Å². The van der Waals surface area contributed by atoms with Crippen molar-refractivity contribution in [3.05, 3.63) is 23.8 Å². The van der Waals surface area contributed by atoms with E-state index in [0.29, 0.717) is 0 Å². The Labute approximate surface area is 119 Å². The lowest BCUT2D eigenvalue weighted by Gasteiger charge is -2.22. The number of hydrogen-bond donors (Lipinski definition) is 3. The third-order valence-corrected chi connectivity index (χ3v) is 3.47. The van der Waals surface area contributed by atoms with Gasteiger partial charge in [-0.1, -0.05) is 0 Å². The highest BCUT2D eigenvalue weighted by molar-refractivity contribution is 5.94. The smallest absolute Gasteiger partial charge is 0.228 e. The van der Waals surface area contributed by atoms with Gasteiger partial charge in [-0.25, -0.2) is 0 Å². The number of amides is 2. The molecule has 1 aromatic carbocycles. The third kappa shape index (κ3) is 3.81. The van der Waals surface area contributed by atoms with Gasteiger partial charge in [0.25, 0.3) is 0 Å². The minimum absolute atomic E-state index is 0.0408. The number of piperidine rings is 1. The zero-order chi connectivity index (χ0) is 14.5. The SMILES string of the molecule is CC(=O)Nc1ccc(NC(=O)[C@@H]2CCCNC2)cc1C. The maximum Gasteiger partial charge on any atom is 0.228 e. The Balaban J connectivity index is 2.00. The molecule has 108 valence electrons. The predicted octanol–water partition coefficient (Wildman–Crippen LogP) is 1.89. The van der Waals surface area contributed by atoms with Gasteiger partial charge in [-0.05, 0) is 50.1 Å². The summed E-state index contributed by atoms with van der Waals surface area (Å²) in [5.74, 6) is 0.00104. The van der Waals surface area contributed by atoms with Crippen LogP contribution in [0.2, 0.25) is 0 Å². The number of rotatable bonds is 3. The molecule has 0 unspecified atom stereocenters. The molecule has 0 aliphatic carbocycles. The van der Waals surface area contributed by atoms with E-state index in [2.05, 4.69) is 16.0 Å². The summed E-state index contributed by atoms with van der Waals surface area (Å²) in [6.45, 7) is 5.12. The highest BCUT2D eigenvalue weighted by atomic mass is 16.2. The second-order valence-electron chi connectivity index (χ2n) is 5.24. The molecule has 1 saturated heterocycles. The van der Waals surface area contributed by atoms with Crippen LogP contribution in [-0.4, -0.2) is 24.9 Å². The van der Waals surface area contributed by atoms with Gasteiger partial charge in [0.15, 0.2) is 0 Å². The molecule has 5 nitrogen and oxygen atoms in total. The Morgan fingerprint density at radius 1 is 1.30 bits per heavy atom. The summed E-state index contributed by atoms with van der Waals surface area (Å²) in [6.07, 6.45) is 1.97. The van der Waals surface area contributed by atoms with Gasteiger partial charge in [0, 0.05) is 24.8 Å². The normalized spacial score (nSPS) is 18.4. The van der Waals surface area contributed by atoms with Crippen LogP contribution in [0.1, 0.15) is 25.3 Å². The highest BCUT2D eigenvalue weighted by Gasteiger charge is 2.20. The molecule has 2 rings (SSSR count). The Morgan fingerprint density at radius 2 is 2.10 bits per heavy atom. The van der Waals surface area contributed by atoms with Crippen LogP contribution in [0.25, 0.3) is 0 Å². The summed E-state index contributed by atoms with van der Waals surface area (Å²) >= 11 is 0. The number of nitrogens with one attached hydrogen (secondary N) is 3. The van der Waals surface area contributed by atoms with Gasteiger partial charge in [-0.2, -0.15) is 0 Å². The first kappa shape index (κ1) is 14.5. The van der Waals surface area contributed by atoms with Gasteiger partial charge in [-0.3, -0.25) is 9.59 Å². The van der Waals surface area contributed by atoms with Crippen LogP contribution in [0, 0.1) is 12.8 Å². The van der Waals surface area contributed by atoms with E-state index in [9.17, 15) is 9.59 Å². The van der Waals surface area contributed by atoms with E-state index in [1.54, 1.807) is 0 Å². The van der Waals surface area contributed by atoms with Crippen LogP contribution in [0.4, 0.5) is 11.4 Å². The van der Waals surface area contributed by atoms with E-state index < -0.39 is 0 Å². The van der Waals surface area contributed by atoms with E-state index in [4.69, 9.17) is 0 Å². The third-order valence-electron chi connectivity index (χ3n) is 3.47. The lowest BCUT2D eigenvalue weighted by molar-refractivity contribution is -0.120. The van der Waals surface area contributed by atoms with Crippen molar-refractivity contribution in [1.29, 1.82) is 0 Å². The standard InChI is InChI=1S/C15H21N3O2/c1-10-8-13(5-6-14(10)17-11(2)19)18-15(20)12-4-3-7-16-9-12/h5-6,8,12,16H,3-4,7,9H2,1-2H3,(H,17,19)(H,18,20)/t12-/m1/s1. The van der Waals surface area contributed by atoms with E-state index in [0.717, 1.165) is 42.9 Å². The Bertz CT molecular complexity index is 508. The molecule has 2 amide bonds. The number of hydrogen-bond acceptors (Lipinski definition) is 3. The first-order valence-electron chi connectivity index (χ1n) is 6.96. The molecule has 0 saturated carbocycles. The molecule has 3 N–H and O–H groups in total. The molecule has 5 heteroatoms. The molecule has 0 aromatic heterocycles. The van der Waals surface area contributed by atoms with Gasteiger partial charge in [0.2, 0.25) is 11.8 Å². The number of anilines is 2. The fourth-order valence-electron chi connectivity index (χ4n) is 2.39. The average Bonchev–Trinajstić information content (AvgIpc) is 2.42. The van der Waals surface area contributed by atoms with Crippen molar-refractivity contribution in [2.75, 3.05) is 23.7 Å². The lowest BCUT2D eigenvalue weighted by atomic mass is 9.98. The Kier molecular flexibility index (Phi) is 4.74. The van der Waals surface area contributed by atoms with Crippen LogP contribution < -0.4 is 16.0 Å². The molecule has 0 radical (unpaired) electrons. The minimum atomic E-state index is -0.0989. The number of aryl methyl sites for hydroxylation is 1. The zero-order valence-electron chi connectivity index (χ0n) is 12.0. The first-order valence-corrected chi connectivity index (χ1v) is 6.96. The van der Waals surface area contributed by atoms with Crippen molar-refractivity contribution < 1.29 is 9.59 Å². The van der Waals surface area contributed by atoms with Crippen LogP contribution in [0.15, 0.2) is 18.2 Å². The number of carbonyl (C=O) groups excluding carboxylic acids is 2. The molecular formula is C15H21N3O2. The number of carbonyl (C=O) groups is 2. The fraction of sp³-hybridized carbons (Fsp3) is 0.467. The van der Waals surface area contributed by atoms with Gasteiger partial charge in [-0.15, -0.1) is 0 Å². The van der Waals surface area contributed by atoms with Crippen LogP contribution in [0.3, 0.4) is 0 Å². The highest BCUT2D eigenvalue weighted by Crippen LogP contribution is 2.21. The molecular weight excluding hydrogens is 254 g/mol. The van der Waals surface area contributed by atoms with E-state index in [-0.39, 0.29) is 17.7 Å². The molecule has 0 spiro atoms. The summed E-state index contributed by atoms with van der Waals surface area (Å²) in [5, 5.41) is 8.93. The summed E-state index contributed by atoms with van der Waals surface area (Å²) in [5.41, 5.74) is 2.47. The van der Waals surface area contributed by atoms with Crippen molar-refractivity contribution in [3.8, 4) is 0 Å². The van der Waals surface area contributed by atoms with Crippen molar-refractivity contribution in [2.24, 2.45) is 5.92 Å². The average molecular weight is 275 g/mol. The van der Waals surface area contributed by atoms with Crippen molar-refractivity contribution in [3.63, 3.8) is 0 Å². The first-order chi connectivity index (χ1) is 9.56. The second-order valence-corrected chi connectivity index (χ2v) is 5.24. The minimum Gasteiger partial charge on any atom is -0.326 e. The summed E-state index contributed by atoms with van der Waals surface area (Å²) < 4.78 is 0. The van der Waals surface area contributed by atoms with Gasteiger partial charge >= 0.3 is 0 Å². The Morgan fingerprint density at radius 3 is 2.70 bits per heavy atom. The zero-order valence-corrected chi connectivity index (χ0v) is 12.0. The fourth-order valence-corrected chi connectivity index (χ4v) is 2.39.